The number of hydrogen-bond acceptors (Lipinski definition) is 1. The molecule has 0 aliphatic rings. The molecule has 0 saturated carbocycles. The Morgan fingerprint density at radius 3 is 2.50 bits per heavy atom. The van der Waals surface area contributed by atoms with Crippen LogP contribution < -0.4 is 0 Å². The van der Waals surface area contributed by atoms with Gasteiger partial charge in [-0.25, -0.2) is 4.39 Å². The van der Waals surface area contributed by atoms with E-state index in [0.717, 1.165) is 5.57 Å². The highest BCUT2D eigenvalue weighted by Crippen LogP contribution is 2.03. The molecule has 1 nitrogen and oxygen atoms in total. The Bertz CT molecular complexity index is 80.6. The van der Waals surface area contributed by atoms with Gasteiger partial charge in [-0.2, -0.15) is 0 Å². The van der Waals surface area contributed by atoms with Crippen LogP contribution >= 0.6 is 0 Å². The zero-order valence-electron chi connectivity index (χ0n) is 5.02. The van der Waals surface area contributed by atoms with E-state index in [0.29, 0.717) is 0 Å². The topological polar surface area (TPSA) is 20.2 Å². The summed E-state index contributed by atoms with van der Waals surface area (Å²) in [4.78, 5) is 0. The molecule has 0 aromatic heterocycles. The number of aliphatic hydroxyl groups is 1. The molecule has 8 heavy (non-hydrogen) atoms. The van der Waals surface area contributed by atoms with Crippen LogP contribution in [0, 0.1) is 0 Å². The fraction of sp³-hybridized carbons (Fsp3) is 0.667. The predicted molar refractivity (Wildman–Crippen MR) is 31.4 cm³/mol. The summed E-state index contributed by atoms with van der Waals surface area (Å²) < 4.78 is 12.1. The molecule has 0 heterocycles. The van der Waals surface area contributed by atoms with E-state index in [1.54, 1.807) is 6.92 Å². The maximum absolute atomic E-state index is 12.1. The van der Waals surface area contributed by atoms with Crippen molar-refractivity contribution >= 4 is 0 Å². The van der Waals surface area contributed by atoms with E-state index in [2.05, 4.69) is 6.58 Å². The van der Waals surface area contributed by atoms with Gasteiger partial charge in [0.15, 0.2) is 0 Å². The van der Waals surface area contributed by atoms with Crippen molar-refractivity contribution in [3.63, 3.8) is 0 Å². The summed E-state index contributed by atoms with van der Waals surface area (Å²) in [6.45, 7) is 4.83. The van der Waals surface area contributed by atoms with Crippen LogP contribution in [0.5, 0.6) is 0 Å². The van der Waals surface area contributed by atoms with Gasteiger partial charge in [0, 0.05) is 6.42 Å². The lowest BCUT2D eigenvalue weighted by Gasteiger charge is -2.00. The molecule has 0 radical (unpaired) electrons. The second-order valence-electron chi connectivity index (χ2n) is 1.94. The minimum Gasteiger partial charge on any atom is -0.393 e. The van der Waals surface area contributed by atoms with Crippen LogP contribution in [0.4, 0.5) is 4.39 Å². The van der Waals surface area contributed by atoms with Gasteiger partial charge in [-0.15, -0.1) is 6.58 Å². The molecule has 0 aromatic rings. The Balaban J connectivity index is 3.24. The quantitative estimate of drug-likeness (QED) is 0.553. The van der Waals surface area contributed by atoms with Crippen molar-refractivity contribution in [3.8, 4) is 0 Å². The molecular weight excluding hydrogens is 107 g/mol. The highest BCUT2D eigenvalue weighted by Gasteiger charge is 2.01. The van der Waals surface area contributed by atoms with E-state index in [9.17, 15) is 4.39 Å². The van der Waals surface area contributed by atoms with Gasteiger partial charge in [0.1, 0.15) is 6.17 Å². The summed E-state index contributed by atoms with van der Waals surface area (Å²) in [6.07, 6.45) is -0.844. The molecule has 0 aliphatic heterocycles. The Morgan fingerprint density at radius 2 is 2.38 bits per heavy atom. The van der Waals surface area contributed by atoms with Crippen LogP contribution in [0.25, 0.3) is 0 Å². The maximum atomic E-state index is 12.1. The minimum atomic E-state index is -1.12. The molecule has 0 aliphatic carbocycles. The van der Waals surface area contributed by atoms with Gasteiger partial charge in [-0.05, 0) is 6.92 Å². The van der Waals surface area contributed by atoms with Crippen LogP contribution in [0.15, 0.2) is 12.2 Å². The molecule has 1 unspecified atom stereocenters. The van der Waals surface area contributed by atoms with Crippen molar-refractivity contribution < 1.29 is 9.50 Å². The van der Waals surface area contributed by atoms with Crippen molar-refractivity contribution in [2.75, 3.05) is 6.61 Å². The minimum absolute atomic E-state index is 0.274. The first-order chi connectivity index (χ1) is 3.66. The Hall–Kier alpha value is -0.370. The zero-order chi connectivity index (χ0) is 6.57. The van der Waals surface area contributed by atoms with E-state index in [1.807, 2.05) is 0 Å². The molecule has 2 heteroatoms. The molecule has 0 amide bonds. The second-order valence-corrected chi connectivity index (χ2v) is 1.94. The monoisotopic (exact) mass is 118 g/mol. The van der Waals surface area contributed by atoms with E-state index < -0.39 is 12.8 Å². The van der Waals surface area contributed by atoms with E-state index in [4.69, 9.17) is 5.11 Å². The first-order valence-electron chi connectivity index (χ1n) is 2.56. The van der Waals surface area contributed by atoms with Crippen molar-refractivity contribution in [2.24, 2.45) is 0 Å². The third kappa shape index (κ3) is 3.81. The van der Waals surface area contributed by atoms with Gasteiger partial charge in [-0.1, -0.05) is 5.57 Å². The van der Waals surface area contributed by atoms with Crippen LogP contribution in [-0.2, 0) is 0 Å². The number of halogens is 1. The highest BCUT2D eigenvalue weighted by molar-refractivity contribution is 4.90. The molecule has 1 N–H and O–H groups in total. The number of aliphatic hydroxyl groups excluding tert-OH is 1. The first kappa shape index (κ1) is 7.63. The van der Waals surface area contributed by atoms with E-state index >= 15 is 0 Å². The molecule has 1 atom stereocenters. The largest absolute Gasteiger partial charge is 0.393 e. The average Bonchev–Trinajstić information content (AvgIpc) is 1.65. The Labute approximate surface area is 48.8 Å². The molecule has 0 rings (SSSR count). The highest BCUT2D eigenvalue weighted by atomic mass is 19.1. The summed E-state index contributed by atoms with van der Waals surface area (Å²) in [5, 5.41) is 8.17. The molecule has 48 valence electrons. The third-order valence-electron chi connectivity index (χ3n) is 0.768. The van der Waals surface area contributed by atoms with Crippen LogP contribution in [0.3, 0.4) is 0 Å². The molecular formula is C6H11FO. The molecule has 0 aromatic carbocycles. The molecule has 0 fully saturated rings. The van der Waals surface area contributed by atoms with Crippen molar-refractivity contribution in [3.05, 3.63) is 12.2 Å². The predicted octanol–water partition coefficient (Wildman–Crippen LogP) is 1.28. The lowest BCUT2D eigenvalue weighted by Crippen LogP contribution is -2.05. The summed E-state index contributed by atoms with van der Waals surface area (Å²) in [5.41, 5.74) is 0.770. The fourth-order valence-corrected chi connectivity index (χ4v) is 0.443. The zero-order valence-corrected chi connectivity index (χ0v) is 5.02. The number of rotatable bonds is 3. The Morgan fingerprint density at radius 1 is 1.88 bits per heavy atom. The lowest BCUT2D eigenvalue weighted by atomic mass is 10.2. The van der Waals surface area contributed by atoms with E-state index in [-0.39, 0.29) is 6.42 Å². The Kier molecular flexibility index (Phi) is 3.44. The standard InChI is InChI=1S/C6H11FO/c1-5(2)3-6(7)4-8/h6,8H,1,3-4H2,2H3. The SMILES string of the molecule is C=C(C)CC(F)CO. The van der Waals surface area contributed by atoms with Crippen molar-refractivity contribution in [1.82, 2.24) is 0 Å². The van der Waals surface area contributed by atoms with Crippen molar-refractivity contribution in [1.29, 1.82) is 0 Å². The van der Waals surface area contributed by atoms with Crippen LogP contribution in [-0.4, -0.2) is 17.9 Å². The van der Waals surface area contributed by atoms with Gasteiger partial charge >= 0.3 is 0 Å². The second kappa shape index (κ2) is 3.61. The third-order valence-corrected chi connectivity index (χ3v) is 0.768. The van der Waals surface area contributed by atoms with E-state index in [1.165, 1.54) is 0 Å². The van der Waals surface area contributed by atoms with Gasteiger partial charge in [0.25, 0.3) is 0 Å². The lowest BCUT2D eigenvalue weighted by molar-refractivity contribution is 0.177. The number of alkyl halides is 1. The first-order valence-corrected chi connectivity index (χ1v) is 2.56. The summed E-state index contributed by atoms with van der Waals surface area (Å²) >= 11 is 0. The molecule has 0 spiro atoms. The van der Waals surface area contributed by atoms with Gasteiger partial charge in [0.05, 0.1) is 6.61 Å². The summed E-state index contributed by atoms with van der Waals surface area (Å²) in [7, 11) is 0. The molecule has 0 bridgehead atoms. The summed E-state index contributed by atoms with van der Waals surface area (Å²) in [6, 6.07) is 0. The smallest absolute Gasteiger partial charge is 0.127 e. The van der Waals surface area contributed by atoms with Crippen LogP contribution in [0.2, 0.25) is 0 Å². The number of allylic oxidation sites excluding steroid dienone is 1. The number of hydrogen-bond donors (Lipinski definition) is 1. The van der Waals surface area contributed by atoms with Gasteiger partial charge < -0.3 is 5.11 Å². The molecule has 0 saturated heterocycles. The normalized spacial score (nSPS) is 13.4. The van der Waals surface area contributed by atoms with Gasteiger partial charge in [-0.3, -0.25) is 0 Å². The maximum Gasteiger partial charge on any atom is 0.127 e. The average molecular weight is 118 g/mol. The van der Waals surface area contributed by atoms with Crippen LogP contribution in [0.1, 0.15) is 13.3 Å². The van der Waals surface area contributed by atoms with Gasteiger partial charge in [0.2, 0.25) is 0 Å². The van der Waals surface area contributed by atoms with Crippen molar-refractivity contribution in [2.45, 2.75) is 19.5 Å². The summed E-state index contributed by atoms with van der Waals surface area (Å²) in [5.74, 6) is 0. The fourth-order valence-electron chi connectivity index (χ4n) is 0.443.